The molecule has 1 aliphatic rings. The number of amides is 2. The molecule has 0 bridgehead atoms. The number of ether oxygens (including phenoxy) is 2. The van der Waals surface area contributed by atoms with Crippen LogP contribution in [0.5, 0.6) is 11.5 Å². The second-order valence-corrected chi connectivity index (χ2v) is 7.78. The lowest BCUT2D eigenvalue weighted by Gasteiger charge is -2.25. The molecule has 1 aliphatic heterocycles. The van der Waals surface area contributed by atoms with Crippen LogP contribution in [0.25, 0.3) is 0 Å². The van der Waals surface area contributed by atoms with Crippen molar-refractivity contribution in [3.8, 4) is 11.5 Å². The minimum atomic E-state index is -0.290. The number of benzene rings is 1. The topological polar surface area (TPSA) is 71.1 Å². The SMILES string of the molecule is COc1ccc(OC)c(C2SC(C)C(=O)N2CC(=O)NCCN(C)C)c1. The van der Waals surface area contributed by atoms with Gasteiger partial charge in [-0.3, -0.25) is 9.59 Å². The summed E-state index contributed by atoms with van der Waals surface area (Å²) in [6.07, 6.45) is 0. The van der Waals surface area contributed by atoms with Crippen LogP contribution in [-0.2, 0) is 9.59 Å². The maximum Gasteiger partial charge on any atom is 0.239 e. The Kier molecular flexibility index (Phi) is 7.16. The fourth-order valence-corrected chi connectivity index (χ4v) is 4.03. The van der Waals surface area contributed by atoms with E-state index in [-0.39, 0.29) is 29.0 Å². The van der Waals surface area contributed by atoms with Gasteiger partial charge >= 0.3 is 0 Å². The molecule has 8 heteroatoms. The molecule has 1 fully saturated rings. The summed E-state index contributed by atoms with van der Waals surface area (Å²) in [4.78, 5) is 28.5. The molecular formula is C18H27N3O4S. The van der Waals surface area contributed by atoms with Crippen LogP contribution in [0, 0.1) is 0 Å². The smallest absolute Gasteiger partial charge is 0.239 e. The standard InChI is InChI=1S/C18H27N3O4S/c1-12-17(23)21(11-16(22)19-8-9-20(2)3)18(26-12)14-10-13(24-4)6-7-15(14)25-5/h6-7,10,12,18H,8-9,11H2,1-5H3,(H,19,22). The van der Waals surface area contributed by atoms with Gasteiger partial charge in [-0.2, -0.15) is 0 Å². The summed E-state index contributed by atoms with van der Waals surface area (Å²) in [5, 5.41) is 2.35. The highest BCUT2D eigenvalue weighted by atomic mass is 32.2. The lowest BCUT2D eigenvalue weighted by molar-refractivity contribution is -0.135. The Hall–Kier alpha value is -1.93. The monoisotopic (exact) mass is 381 g/mol. The largest absolute Gasteiger partial charge is 0.497 e. The van der Waals surface area contributed by atoms with Crippen LogP contribution >= 0.6 is 11.8 Å². The lowest BCUT2D eigenvalue weighted by atomic mass is 10.1. The summed E-state index contributed by atoms with van der Waals surface area (Å²) in [7, 11) is 7.07. The van der Waals surface area contributed by atoms with Gasteiger partial charge in [0, 0.05) is 18.7 Å². The van der Waals surface area contributed by atoms with Crippen molar-refractivity contribution in [2.24, 2.45) is 0 Å². The molecule has 2 rings (SSSR count). The molecule has 0 aliphatic carbocycles. The van der Waals surface area contributed by atoms with Crippen LogP contribution in [0.4, 0.5) is 0 Å². The number of likely N-dealkylation sites (N-methyl/N-ethyl adjacent to an activating group) is 1. The quantitative estimate of drug-likeness (QED) is 0.733. The Morgan fingerprint density at radius 1 is 1.31 bits per heavy atom. The van der Waals surface area contributed by atoms with E-state index in [4.69, 9.17) is 9.47 Å². The first-order chi connectivity index (χ1) is 12.4. The van der Waals surface area contributed by atoms with Gasteiger partial charge in [-0.25, -0.2) is 0 Å². The average Bonchev–Trinajstić information content (AvgIpc) is 2.89. The van der Waals surface area contributed by atoms with E-state index in [2.05, 4.69) is 5.32 Å². The third-order valence-electron chi connectivity index (χ3n) is 4.15. The normalized spacial score (nSPS) is 19.8. The van der Waals surface area contributed by atoms with Crippen molar-refractivity contribution in [3.05, 3.63) is 23.8 Å². The van der Waals surface area contributed by atoms with Crippen molar-refractivity contribution >= 4 is 23.6 Å². The highest BCUT2D eigenvalue weighted by molar-refractivity contribution is 8.01. The van der Waals surface area contributed by atoms with Crippen LogP contribution in [0.3, 0.4) is 0 Å². The Balaban J connectivity index is 2.19. The third-order valence-corrected chi connectivity index (χ3v) is 5.52. The Labute approximate surface area is 159 Å². The summed E-state index contributed by atoms with van der Waals surface area (Å²) >= 11 is 1.51. The first-order valence-corrected chi connectivity index (χ1v) is 9.41. The van der Waals surface area contributed by atoms with E-state index in [0.717, 1.165) is 12.1 Å². The number of thioether (sulfide) groups is 1. The third kappa shape index (κ3) is 4.82. The molecule has 2 unspecified atom stereocenters. The van der Waals surface area contributed by atoms with Gasteiger partial charge in [-0.15, -0.1) is 11.8 Å². The number of nitrogens with zero attached hydrogens (tertiary/aromatic N) is 2. The minimum Gasteiger partial charge on any atom is -0.497 e. The molecule has 1 heterocycles. The Morgan fingerprint density at radius 3 is 2.65 bits per heavy atom. The van der Waals surface area contributed by atoms with Crippen molar-refractivity contribution < 1.29 is 19.1 Å². The summed E-state index contributed by atoms with van der Waals surface area (Å²) in [6.45, 7) is 3.17. The van der Waals surface area contributed by atoms with Gasteiger partial charge in [0.1, 0.15) is 23.4 Å². The van der Waals surface area contributed by atoms with Gasteiger partial charge in [0.05, 0.1) is 19.5 Å². The highest BCUT2D eigenvalue weighted by Crippen LogP contribution is 2.46. The van der Waals surface area contributed by atoms with Crippen molar-refractivity contribution in [2.75, 3.05) is 47.9 Å². The van der Waals surface area contributed by atoms with E-state index < -0.39 is 0 Å². The Bertz CT molecular complexity index is 653. The molecule has 0 spiro atoms. The number of hydrogen-bond donors (Lipinski definition) is 1. The molecule has 144 valence electrons. The van der Waals surface area contributed by atoms with E-state index >= 15 is 0 Å². The first-order valence-electron chi connectivity index (χ1n) is 8.46. The number of carbonyl (C=O) groups excluding carboxylic acids is 2. The van der Waals surface area contributed by atoms with E-state index in [0.29, 0.717) is 18.0 Å². The van der Waals surface area contributed by atoms with Crippen molar-refractivity contribution in [1.82, 2.24) is 15.1 Å². The fourth-order valence-electron chi connectivity index (χ4n) is 2.74. The molecular weight excluding hydrogens is 354 g/mol. The molecule has 0 saturated carbocycles. The second kappa shape index (κ2) is 9.14. The van der Waals surface area contributed by atoms with Gasteiger partial charge in [0.2, 0.25) is 11.8 Å². The molecule has 1 aromatic carbocycles. The van der Waals surface area contributed by atoms with Crippen LogP contribution in [-0.4, -0.2) is 74.8 Å². The second-order valence-electron chi connectivity index (χ2n) is 6.36. The zero-order chi connectivity index (χ0) is 19.3. The molecule has 26 heavy (non-hydrogen) atoms. The number of nitrogens with one attached hydrogen (secondary N) is 1. The Morgan fingerprint density at radius 2 is 2.04 bits per heavy atom. The van der Waals surface area contributed by atoms with Crippen LogP contribution in [0.2, 0.25) is 0 Å². The van der Waals surface area contributed by atoms with E-state index in [1.807, 2.05) is 44.1 Å². The minimum absolute atomic E-state index is 0.0225. The lowest BCUT2D eigenvalue weighted by Crippen LogP contribution is -2.41. The van der Waals surface area contributed by atoms with Gasteiger partial charge in [0.25, 0.3) is 0 Å². The van der Waals surface area contributed by atoms with E-state index in [9.17, 15) is 9.59 Å². The zero-order valence-corrected chi connectivity index (χ0v) is 16.8. The predicted octanol–water partition coefficient (Wildman–Crippen LogP) is 1.34. The highest BCUT2D eigenvalue weighted by Gasteiger charge is 2.40. The number of hydrogen-bond acceptors (Lipinski definition) is 6. The number of rotatable bonds is 8. The van der Waals surface area contributed by atoms with Gasteiger partial charge in [0.15, 0.2) is 0 Å². The number of methoxy groups -OCH3 is 2. The maximum absolute atomic E-state index is 12.6. The molecule has 7 nitrogen and oxygen atoms in total. The summed E-state index contributed by atoms with van der Waals surface area (Å²) in [5.74, 6) is 1.14. The summed E-state index contributed by atoms with van der Waals surface area (Å²) < 4.78 is 10.8. The molecule has 1 N–H and O–H groups in total. The molecule has 0 aromatic heterocycles. The predicted molar refractivity (Wildman–Crippen MR) is 103 cm³/mol. The first kappa shape index (κ1) is 20.4. The number of carbonyl (C=O) groups is 2. The molecule has 0 radical (unpaired) electrons. The van der Waals surface area contributed by atoms with Crippen LogP contribution in [0.15, 0.2) is 18.2 Å². The fraction of sp³-hybridized carbons (Fsp3) is 0.556. The van der Waals surface area contributed by atoms with Gasteiger partial charge in [-0.1, -0.05) is 0 Å². The molecule has 2 amide bonds. The molecule has 1 saturated heterocycles. The summed E-state index contributed by atoms with van der Waals surface area (Å²) in [6, 6.07) is 5.49. The van der Waals surface area contributed by atoms with Gasteiger partial charge < -0.3 is 24.6 Å². The molecule has 1 aromatic rings. The average molecular weight is 381 g/mol. The van der Waals surface area contributed by atoms with E-state index in [1.54, 1.807) is 19.1 Å². The van der Waals surface area contributed by atoms with Crippen molar-refractivity contribution in [2.45, 2.75) is 17.5 Å². The van der Waals surface area contributed by atoms with Crippen LogP contribution < -0.4 is 14.8 Å². The molecule has 2 atom stereocenters. The van der Waals surface area contributed by atoms with Gasteiger partial charge in [-0.05, 0) is 39.2 Å². The van der Waals surface area contributed by atoms with Crippen LogP contribution in [0.1, 0.15) is 17.9 Å². The summed E-state index contributed by atoms with van der Waals surface area (Å²) in [5.41, 5.74) is 0.829. The van der Waals surface area contributed by atoms with E-state index in [1.165, 1.54) is 11.8 Å². The zero-order valence-electron chi connectivity index (χ0n) is 15.9. The van der Waals surface area contributed by atoms with Crippen molar-refractivity contribution in [1.29, 1.82) is 0 Å². The maximum atomic E-state index is 12.6. The van der Waals surface area contributed by atoms with Crippen molar-refractivity contribution in [3.63, 3.8) is 0 Å².